The number of hydrogen-bond acceptors (Lipinski definition) is 4. The maximum absolute atomic E-state index is 12.6. The summed E-state index contributed by atoms with van der Waals surface area (Å²) in [6, 6.07) is 8.62. The van der Waals surface area contributed by atoms with E-state index in [2.05, 4.69) is 15.3 Å². The molecule has 0 saturated heterocycles. The van der Waals surface area contributed by atoms with Crippen LogP contribution in [0.5, 0.6) is 0 Å². The fraction of sp³-hybridized carbons (Fsp3) is 0.421. The third kappa shape index (κ3) is 4.33. The lowest BCUT2D eigenvalue weighted by atomic mass is 9.76. The Kier molecular flexibility index (Phi) is 5.28. The second-order valence-corrected chi connectivity index (χ2v) is 6.60. The summed E-state index contributed by atoms with van der Waals surface area (Å²) in [6.07, 6.45) is 4.05. The third-order valence-electron chi connectivity index (χ3n) is 4.73. The van der Waals surface area contributed by atoms with E-state index >= 15 is 0 Å². The average molecular weight is 341 g/mol. The molecule has 6 heteroatoms. The maximum atomic E-state index is 12.6. The zero-order valence-electron chi connectivity index (χ0n) is 14.2. The van der Waals surface area contributed by atoms with E-state index in [0.717, 1.165) is 11.4 Å². The van der Waals surface area contributed by atoms with E-state index < -0.39 is 0 Å². The minimum Gasteiger partial charge on any atom is -0.393 e. The first kappa shape index (κ1) is 17.4. The van der Waals surface area contributed by atoms with Crippen molar-refractivity contribution in [1.29, 1.82) is 0 Å². The van der Waals surface area contributed by atoms with Crippen LogP contribution in [-0.4, -0.2) is 33.1 Å². The van der Waals surface area contributed by atoms with Gasteiger partial charge in [-0.05, 0) is 43.4 Å². The van der Waals surface area contributed by atoms with Gasteiger partial charge in [-0.15, -0.1) is 0 Å². The Morgan fingerprint density at radius 1 is 1.40 bits per heavy atom. The van der Waals surface area contributed by atoms with Gasteiger partial charge in [0.05, 0.1) is 6.10 Å². The van der Waals surface area contributed by atoms with Crippen LogP contribution in [0, 0.1) is 5.92 Å². The smallest absolute Gasteiger partial charge is 0.251 e. The molecule has 0 aliphatic heterocycles. The first-order valence-corrected chi connectivity index (χ1v) is 8.67. The number of hydrogen-bond donors (Lipinski definition) is 3. The first-order valence-electron chi connectivity index (χ1n) is 8.67. The molecule has 132 valence electrons. The number of aliphatic hydroxyl groups excluding tert-OH is 1. The lowest BCUT2D eigenvalue weighted by Gasteiger charge is -2.38. The van der Waals surface area contributed by atoms with Crippen molar-refractivity contribution in [2.24, 2.45) is 5.92 Å². The highest BCUT2D eigenvalue weighted by molar-refractivity contribution is 5.94. The van der Waals surface area contributed by atoms with Crippen LogP contribution in [0.15, 0.2) is 41.3 Å². The van der Waals surface area contributed by atoms with Gasteiger partial charge in [-0.25, -0.2) is 0 Å². The van der Waals surface area contributed by atoms with E-state index in [9.17, 15) is 14.7 Å². The van der Waals surface area contributed by atoms with Gasteiger partial charge in [0.1, 0.15) is 0 Å². The monoisotopic (exact) mass is 341 g/mol. The molecular weight excluding hydrogens is 318 g/mol. The number of carbonyl (C=O) groups is 1. The normalized spacial score (nSPS) is 20.6. The van der Waals surface area contributed by atoms with Crippen LogP contribution in [0.25, 0.3) is 0 Å². The van der Waals surface area contributed by atoms with Crippen LogP contribution in [0.4, 0.5) is 0 Å². The number of nitrogens with one attached hydrogen (secondary N) is 2. The molecule has 3 rings (SSSR count). The first-order chi connectivity index (χ1) is 12.0. The Bertz CT molecular complexity index is 782. The summed E-state index contributed by atoms with van der Waals surface area (Å²) in [4.78, 5) is 31.4. The molecule has 0 aromatic carbocycles. The van der Waals surface area contributed by atoms with Crippen molar-refractivity contribution >= 4 is 5.91 Å². The number of aromatic amines is 1. The van der Waals surface area contributed by atoms with Crippen LogP contribution in [0.3, 0.4) is 0 Å². The number of carbonyl (C=O) groups excluding carboxylic acids is 1. The van der Waals surface area contributed by atoms with Crippen LogP contribution >= 0.6 is 0 Å². The van der Waals surface area contributed by atoms with Gasteiger partial charge in [-0.1, -0.05) is 13.0 Å². The second kappa shape index (κ2) is 7.61. The number of rotatable bonds is 6. The molecule has 25 heavy (non-hydrogen) atoms. The highest BCUT2D eigenvalue weighted by Gasteiger charge is 2.35. The predicted octanol–water partition coefficient (Wildman–Crippen LogP) is 1.44. The molecule has 6 nitrogen and oxygen atoms in total. The fourth-order valence-corrected chi connectivity index (χ4v) is 3.21. The largest absolute Gasteiger partial charge is 0.393 e. The SMILES string of the molecule is CCc1cc(C(=O)NC(Cc2ccccn2)C2CC(O)C2)cc(=O)[nH]1. The summed E-state index contributed by atoms with van der Waals surface area (Å²) >= 11 is 0. The van der Waals surface area contributed by atoms with Crippen LogP contribution in [0.2, 0.25) is 0 Å². The Balaban J connectivity index is 1.76. The predicted molar refractivity (Wildman–Crippen MR) is 94.4 cm³/mol. The van der Waals surface area contributed by atoms with Crippen molar-refractivity contribution in [1.82, 2.24) is 15.3 Å². The molecule has 2 aromatic rings. The van der Waals surface area contributed by atoms with Crippen molar-refractivity contribution in [2.45, 2.75) is 44.8 Å². The third-order valence-corrected chi connectivity index (χ3v) is 4.73. The Labute approximate surface area is 146 Å². The van der Waals surface area contributed by atoms with Crippen LogP contribution < -0.4 is 10.9 Å². The van der Waals surface area contributed by atoms with E-state index in [1.807, 2.05) is 25.1 Å². The van der Waals surface area contributed by atoms with E-state index in [1.54, 1.807) is 12.3 Å². The molecule has 1 saturated carbocycles. The number of nitrogens with zero attached hydrogens (tertiary/aromatic N) is 1. The molecule has 2 heterocycles. The minimum absolute atomic E-state index is 0.116. The number of aliphatic hydroxyl groups is 1. The van der Waals surface area contributed by atoms with Gasteiger partial charge in [0.2, 0.25) is 5.56 Å². The van der Waals surface area contributed by atoms with Gasteiger partial charge in [0.15, 0.2) is 0 Å². The Hall–Kier alpha value is -2.47. The van der Waals surface area contributed by atoms with Gasteiger partial charge < -0.3 is 15.4 Å². The quantitative estimate of drug-likeness (QED) is 0.741. The van der Waals surface area contributed by atoms with E-state index in [1.165, 1.54) is 6.07 Å². The summed E-state index contributed by atoms with van der Waals surface area (Å²) in [6.45, 7) is 1.92. The van der Waals surface area contributed by atoms with Crippen LogP contribution in [-0.2, 0) is 12.8 Å². The van der Waals surface area contributed by atoms with Crippen molar-refractivity contribution in [2.75, 3.05) is 0 Å². The molecule has 1 fully saturated rings. The highest BCUT2D eigenvalue weighted by atomic mass is 16.3. The molecular formula is C19H23N3O3. The summed E-state index contributed by atoms with van der Waals surface area (Å²) < 4.78 is 0. The van der Waals surface area contributed by atoms with Gasteiger partial charge in [-0.2, -0.15) is 0 Å². The second-order valence-electron chi connectivity index (χ2n) is 6.60. The summed E-state index contributed by atoms with van der Waals surface area (Å²) in [7, 11) is 0. The fourth-order valence-electron chi connectivity index (χ4n) is 3.21. The summed E-state index contributed by atoms with van der Waals surface area (Å²) in [5.41, 5.74) is 1.73. The van der Waals surface area contributed by atoms with E-state index in [4.69, 9.17) is 0 Å². The number of aromatic nitrogens is 2. The lowest BCUT2D eigenvalue weighted by Crippen LogP contribution is -2.48. The molecule has 3 N–H and O–H groups in total. The minimum atomic E-state index is -0.292. The summed E-state index contributed by atoms with van der Waals surface area (Å²) in [5.74, 6) is -0.0447. The zero-order valence-corrected chi connectivity index (χ0v) is 14.2. The molecule has 2 aromatic heterocycles. The van der Waals surface area contributed by atoms with Gasteiger partial charge in [0, 0.05) is 41.7 Å². The number of H-pyrrole nitrogens is 1. The molecule has 1 amide bonds. The van der Waals surface area contributed by atoms with Gasteiger partial charge in [-0.3, -0.25) is 14.6 Å². The van der Waals surface area contributed by atoms with Gasteiger partial charge >= 0.3 is 0 Å². The topological polar surface area (TPSA) is 95.1 Å². The Morgan fingerprint density at radius 2 is 2.20 bits per heavy atom. The molecule has 0 radical (unpaired) electrons. The van der Waals surface area contributed by atoms with Crippen molar-refractivity contribution in [3.8, 4) is 0 Å². The van der Waals surface area contributed by atoms with E-state index in [-0.39, 0.29) is 29.5 Å². The molecule has 1 atom stereocenters. The molecule has 1 aliphatic carbocycles. The molecule has 1 aliphatic rings. The number of amides is 1. The van der Waals surface area contributed by atoms with Crippen molar-refractivity contribution < 1.29 is 9.90 Å². The molecule has 1 unspecified atom stereocenters. The zero-order chi connectivity index (χ0) is 17.8. The highest BCUT2D eigenvalue weighted by Crippen LogP contribution is 2.31. The molecule has 0 spiro atoms. The van der Waals surface area contributed by atoms with Crippen molar-refractivity contribution in [3.63, 3.8) is 0 Å². The number of pyridine rings is 2. The maximum Gasteiger partial charge on any atom is 0.251 e. The van der Waals surface area contributed by atoms with Gasteiger partial charge in [0.25, 0.3) is 5.91 Å². The van der Waals surface area contributed by atoms with Crippen molar-refractivity contribution in [3.05, 3.63) is 63.8 Å². The number of aryl methyl sites for hydroxylation is 1. The standard InChI is InChI=1S/C19H23N3O3/c1-2-14-7-13(10-18(24)21-14)19(25)22-17(12-8-16(23)9-12)11-15-5-3-4-6-20-15/h3-7,10,12,16-17,23H,2,8-9,11H2,1H3,(H,21,24)(H,22,25). The van der Waals surface area contributed by atoms with Crippen LogP contribution in [0.1, 0.15) is 41.5 Å². The Morgan fingerprint density at radius 3 is 2.84 bits per heavy atom. The lowest BCUT2D eigenvalue weighted by molar-refractivity contribution is 0.0238. The molecule has 0 bridgehead atoms. The summed E-state index contributed by atoms with van der Waals surface area (Å²) in [5, 5.41) is 12.7. The van der Waals surface area contributed by atoms with E-state index in [0.29, 0.717) is 31.2 Å². The average Bonchev–Trinajstić information content (AvgIpc) is 2.58.